The maximum absolute atomic E-state index is 13.3. The largest absolute Gasteiger partial charge is 0.466 e. The van der Waals surface area contributed by atoms with Crippen molar-refractivity contribution in [3.05, 3.63) is 35.4 Å². The molecule has 6 heteroatoms. The zero-order valence-corrected chi connectivity index (χ0v) is 22.3. The van der Waals surface area contributed by atoms with E-state index in [-0.39, 0.29) is 24.2 Å². The van der Waals surface area contributed by atoms with Crippen molar-refractivity contribution in [1.82, 2.24) is 10.2 Å². The van der Waals surface area contributed by atoms with Crippen LogP contribution in [-0.2, 0) is 25.5 Å². The third-order valence-corrected chi connectivity index (χ3v) is 6.73. The maximum atomic E-state index is 13.3. The van der Waals surface area contributed by atoms with Gasteiger partial charge in [-0.15, -0.1) is 0 Å². The van der Waals surface area contributed by atoms with E-state index in [1.165, 1.54) is 37.7 Å². The van der Waals surface area contributed by atoms with E-state index in [2.05, 4.69) is 38.2 Å². The Balaban J connectivity index is 1.83. The summed E-state index contributed by atoms with van der Waals surface area (Å²) in [5.41, 5.74) is 2.17. The van der Waals surface area contributed by atoms with Crippen LogP contribution in [0.15, 0.2) is 24.3 Å². The van der Waals surface area contributed by atoms with E-state index >= 15 is 0 Å². The second-order valence-electron chi connectivity index (χ2n) is 10.3. The van der Waals surface area contributed by atoms with E-state index in [0.29, 0.717) is 25.6 Å². The second kappa shape index (κ2) is 15.6. The number of hydrogen-bond acceptors (Lipinski definition) is 4. The first-order valence-electron chi connectivity index (χ1n) is 13.7. The van der Waals surface area contributed by atoms with Gasteiger partial charge in [0.25, 0.3) is 0 Å². The Labute approximate surface area is 212 Å². The Morgan fingerprint density at radius 3 is 2.26 bits per heavy atom. The molecule has 2 atom stereocenters. The molecule has 6 nitrogen and oxygen atoms in total. The third-order valence-electron chi connectivity index (χ3n) is 6.73. The Morgan fingerprint density at radius 1 is 1.00 bits per heavy atom. The van der Waals surface area contributed by atoms with Crippen LogP contribution < -0.4 is 5.32 Å². The molecule has 2 rings (SSSR count). The van der Waals surface area contributed by atoms with Crippen molar-refractivity contribution in [3.8, 4) is 0 Å². The van der Waals surface area contributed by atoms with Crippen LogP contribution in [0.5, 0.6) is 0 Å². The van der Waals surface area contributed by atoms with Gasteiger partial charge in [-0.1, -0.05) is 90.0 Å². The molecule has 2 unspecified atom stereocenters. The summed E-state index contributed by atoms with van der Waals surface area (Å²) in [5.74, 6) is -0.642. The van der Waals surface area contributed by atoms with Crippen LogP contribution >= 0.6 is 0 Å². The topological polar surface area (TPSA) is 75.7 Å². The predicted octanol–water partition coefficient (Wildman–Crippen LogP) is 5.39. The number of nitrogens with zero attached hydrogens (tertiary/aromatic N) is 1. The van der Waals surface area contributed by atoms with Gasteiger partial charge < -0.3 is 15.0 Å². The van der Waals surface area contributed by atoms with E-state index in [1.807, 2.05) is 19.1 Å². The van der Waals surface area contributed by atoms with Gasteiger partial charge in [-0.25, -0.2) is 0 Å². The van der Waals surface area contributed by atoms with Crippen molar-refractivity contribution in [2.45, 2.75) is 104 Å². The van der Waals surface area contributed by atoms with Gasteiger partial charge in [0.2, 0.25) is 11.8 Å². The van der Waals surface area contributed by atoms with Crippen molar-refractivity contribution in [2.24, 2.45) is 5.92 Å². The first kappa shape index (κ1) is 28.9. The smallest absolute Gasteiger partial charge is 0.308 e. The molecule has 1 aliphatic heterocycles. The standard InChI is InChI=1S/C29H46N2O4/c1-5-6-7-8-9-10-11-12-19-35-27(32)21-26-28(33)30-17-18-31(26)29(34)23(4)25-15-13-24(14-16-25)20-22(2)3/h13-16,22-23,26H,5-12,17-21H2,1-4H3,(H,30,33). The summed E-state index contributed by atoms with van der Waals surface area (Å²) in [6.45, 7) is 9.61. The van der Waals surface area contributed by atoms with Gasteiger partial charge in [-0.3, -0.25) is 14.4 Å². The van der Waals surface area contributed by atoms with Crippen LogP contribution in [0.4, 0.5) is 0 Å². The quantitative estimate of drug-likeness (QED) is 0.266. The molecular formula is C29H46N2O4. The monoisotopic (exact) mass is 486 g/mol. The molecule has 0 aromatic heterocycles. The molecule has 35 heavy (non-hydrogen) atoms. The number of amides is 2. The highest BCUT2D eigenvalue weighted by Gasteiger charge is 2.37. The van der Waals surface area contributed by atoms with E-state index in [9.17, 15) is 14.4 Å². The Kier molecular flexibility index (Phi) is 12.9. The fourth-order valence-corrected chi connectivity index (χ4v) is 4.63. The highest BCUT2D eigenvalue weighted by Crippen LogP contribution is 2.23. The SMILES string of the molecule is CCCCCCCCCCOC(=O)CC1C(=O)NCCN1C(=O)C(C)c1ccc(CC(C)C)cc1. The molecule has 2 amide bonds. The second-order valence-corrected chi connectivity index (χ2v) is 10.3. The third kappa shape index (κ3) is 10.0. The van der Waals surface area contributed by atoms with E-state index in [1.54, 1.807) is 4.90 Å². The average Bonchev–Trinajstić information content (AvgIpc) is 2.83. The molecule has 196 valence electrons. The first-order chi connectivity index (χ1) is 16.8. The number of esters is 1. The lowest BCUT2D eigenvalue weighted by molar-refractivity contribution is -0.152. The minimum absolute atomic E-state index is 0.103. The number of benzene rings is 1. The van der Waals surface area contributed by atoms with Crippen molar-refractivity contribution in [1.29, 1.82) is 0 Å². The van der Waals surface area contributed by atoms with Crippen molar-refractivity contribution in [2.75, 3.05) is 19.7 Å². The van der Waals surface area contributed by atoms with E-state index < -0.39 is 12.0 Å². The van der Waals surface area contributed by atoms with E-state index in [0.717, 1.165) is 31.2 Å². The summed E-state index contributed by atoms with van der Waals surface area (Å²) >= 11 is 0. The molecule has 1 saturated heterocycles. The molecule has 1 aromatic rings. The summed E-state index contributed by atoms with van der Waals surface area (Å²) in [6, 6.07) is 7.32. The number of ether oxygens (including phenoxy) is 1. The lowest BCUT2D eigenvalue weighted by Gasteiger charge is -2.36. The zero-order chi connectivity index (χ0) is 25.6. The lowest BCUT2D eigenvalue weighted by atomic mass is 9.95. The molecule has 1 aliphatic rings. The molecule has 1 aromatic carbocycles. The van der Waals surface area contributed by atoms with Crippen LogP contribution in [0.2, 0.25) is 0 Å². The number of nitrogens with one attached hydrogen (secondary N) is 1. The van der Waals surface area contributed by atoms with Gasteiger partial charge in [0.05, 0.1) is 18.9 Å². The summed E-state index contributed by atoms with van der Waals surface area (Å²) in [5, 5.41) is 2.79. The van der Waals surface area contributed by atoms with Crippen LogP contribution in [0.25, 0.3) is 0 Å². The zero-order valence-electron chi connectivity index (χ0n) is 22.3. The Morgan fingerprint density at radius 2 is 1.63 bits per heavy atom. The number of rotatable bonds is 15. The highest BCUT2D eigenvalue weighted by molar-refractivity contribution is 5.93. The average molecular weight is 487 g/mol. The van der Waals surface area contributed by atoms with Crippen molar-refractivity contribution >= 4 is 17.8 Å². The summed E-state index contributed by atoms with van der Waals surface area (Å²) in [7, 11) is 0. The normalized spacial score (nSPS) is 16.8. The van der Waals surface area contributed by atoms with Crippen molar-refractivity contribution in [3.63, 3.8) is 0 Å². The molecule has 0 spiro atoms. The molecule has 1 fully saturated rings. The Hall–Kier alpha value is -2.37. The number of carbonyl (C=O) groups excluding carboxylic acids is 3. The molecule has 0 bridgehead atoms. The number of carbonyl (C=O) groups is 3. The van der Waals surface area contributed by atoms with Crippen molar-refractivity contribution < 1.29 is 19.1 Å². The maximum Gasteiger partial charge on any atom is 0.308 e. The van der Waals surface area contributed by atoms with Crippen LogP contribution in [0.3, 0.4) is 0 Å². The fourth-order valence-electron chi connectivity index (χ4n) is 4.63. The number of hydrogen-bond donors (Lipinski definition) is 1. The first-order valence-corrected chi connectivity index (χ1v) is 13.7. The minimum atomic E-state index is -0.815. The van der Waals surface area contributed by atoms with Crippen LogP contribution in [0.1, 0.15) is 103 Å². The molecule has 0 radical (unpaired) electrons. The lowest BCUT2D eigenvalue weighted by Crippen LogP contribution is -2.58. The molecule has 1 heterocycles. The number of piperazine rings is 1. The fraction of sp³-hybridized carbons (Fsp3) is 0.690. The number of unbranched alkanes of at least 4 members (excludes halogenated alkanes) is 7. The molecular weight excluding hydrogens is 440 g/mol. The molecule has 1 N–H and O–H groups in total. The Bertz CT molecular complexity index is 790. The summed E-state index contributed by atoms with van der Waals surface area (Å²) < 4.78 is 5.40. The van der Waals surface area contributed by atoms with Crippen LogP contribution in [-0.4, -0.2) is 48.4 Å². The summed E-state index contributed by atoms with van der Waals surface area (Å²) in [4.78, 5) is 39.9. The highest BCUT2D eigenvalue weighted by atomic mass is 16.5. The van der Waals surface area contributed by atoms with Gasteiger partial charge in [0.1, 0.15) is 6.04 Å². The predicted molar refractivity (Wildman–Crippen MR) is 140 cm³/mol. The van der Waals surface area contributed by atoms with E-state index in [4.69, 9.17) is 4.74 Å². The van der Waals surface area contributed by atoms with Gasteiger partial charge in [0, 0.05) is 13.1 Å². The summed E-state index contributed by atoms with van der Waals surface area (Å²) in [6.07, 6.45) is 10.3. The minimum Gasteiger partial charge on any atom is -0.466 e. The molecule has 0 saturated carbocycles. The van der Waals surface area contributed by atoms with Gasteiger partial charge in [-0.05, 0) is 36.8 Å². The van der Waals surface area contributed by atoms with Gasteiger partial charge >= 0.3 is 5.97 Å². The van der Waals surface area contributed by atoms with Gasteiger partial charge in [0.15, 0.2) is 0 Å². The molecule has 0 aliphatic carbocycles. The van der Waals surface area contributed by atoms with Gasteiger partial charge in [-0.2, -0.15) is 0 Å². The van der Waals surface area contributed by atoms with Crippen LogP contribution in [0, 0.1) is 5.92 Å².